The van der Waals surface area contributed by atoms with Crippen molar-refractivity contribution < 1.29 is 23.7 Å². The highest BCUT2D eigenvalue weighted by Crippen LogP contribution is 2.26. The highest BCUT2D eigenvalue weighted by atomic mass is 16.9. The van der Waals surface area contributed by atoms with Gasteiger partial charge in [0.25, 0.3) is 0 Å². The van der Waals surface area contributed by atoms with Crippen LogP contribution in [0.2, 0.25) is 0 Å². The second-order valence-corrected chi connectivity index (χ2v) is 5.55. The van der Waals surface area contributed by atoms with E-state index in [1.165, 1.54) is 32.1 Å². The molecule has 126 valence electrons. The van der Waals surface area contributed by atoms with Crippen LogP contribution in [-0.2, 0) is 23.7 Å². The molecule has 1 heterocycles. The summed E-state index contributed by atoms with van der Waals surface area (Å²) in [6.45, 7) is 3.58. The van der Waals surface area contributed by atoms with Crippen molar-refractivity contribution in [2.24, 2.45) is 0 Å². The zero-order valence-electron chi connectivity index (χ0n) is 14.1. The Labute approximate surface area is 129 Å². The first-order chi connectivity index (χ1) is 10.2. The van der Waals surface area contributed by atoms with E-state index in [1.807, 2.05) is 0 Å². The molecule has 1 saturated heterocycles. The Kier molecular flexibility index (Phi) is 9.44. The van der Waals surface area contributed by atoms with Crippen molar-refractivity contribution >= 4 is 0 Å². The van der Waals surface area contributed by atoms with E-state index >= 15 is 0 Å². The monoisotopic (exact) mass is 304 g/mol. The van der Waals surface area contributed by atoms with Crippen molar-refractivity contribution in [3.05, 3.63) is 0 Å². The van der Waals surface area contributed by atoms with Gasteiger partial charge in [0.15, 0.2) is 0 Å². The fourth-order valence-corrected chi connectivity index (χ4v) is 2.50. The number of epoxide rings is 1. The minimum absolute atomic E-state index is 0.223. The molecule has 5 nitrogen and oxygen atoms in total. The largest absolute Gasteiger partial charge is 0.371 e. The molecule has 1 fully saturated rings. The smallest absolute Gasteiger partial charge is 0.310 e. The second-order valence-electron chi connectivity index (χ2n) is 5.55. The lowest BCUT2D eigenvalue weighted by Gasteiger charge is -2.36. The van der Waals surface area contributed by atoms with Crippen LogP contribution in [0.5, 0.6) is 0 Å². The molecule has 0 radical (unpaired) electrons. The summed E-state index contributed by atoms with van der Waals surface area (Å²) in [5.74, 6) is -1.13. The third-order valence-electron chi connectivity index (χ3n) is 3.95. The van der Waals surface area contributed by atoms with Crippen LogP contribution in [0, 0.1) is 0 Å². The topological polar surface area (TPSA) is 49.5 Å². The molecule has 0 aromatic carbocycles. The van der Waals surface area contributed by atoms with Gasteiger partial charge >= 0.3 is 5.97 Å². The molecule has 2 unspecified atom stereocenters. The maximum Gasteiger partial charge on any atom is 0.310 e. The molecule has 1 rings (SSSR count). The third-order valence-corrected chi connectivity index (χ3v) is 3.95. The fourth-order valence-electron chi connectivity index (χ4n) is 2.50. The van der Waals surface area contributed by atoms with Crippen molar-refractivity contribution in [3.8, 4) is 0 Å². The zero-order valence-corrected chi connectivity index (χ0v) is 14.1. The lowest BCUT2D eigenvalue weighted by atomic mass is 10.1. The standard InChI is InChI=1S/C16H32O5/c1-5-6-7-8-9-10-11-15(21-13-14-12-20-14)16(17-2,18-3)19-4/h14-15H,5-13H2,1-4H3. The molecular formula is C16H32O5. The molecule has 0 amide bonds. The van der Waals surface area contributed by atoms with Crippen molar-refractivity contribution in [2.75, 3.05) is 34.5 Å². The lowest BCUT2D eigenvalue weighted by Crippen LogP contribution is -2.49. The van der Waals surface area contributed by atoms with Crippen LogP contribution in [-0.4, -0.2) is 52.7 Å². The first-order valence-electron chi connectivity index (χ1n) is 8.11. The number of unbranched alkanes of at least 4 members (excludes halogenated alkanes) is 5. The van der Waals surface area contributed by atoms with Crippen molar-refractivity contribution in [1.29, 1.82) is 0 Å². The number of rotatable bonds is 14. The van der Waals surface area contributed by atoms with Crippen molar-refractivity contribution in [3.63, 3.8) is 0 Å². The molecule has 1 aliphatic rings. The Hall–Kier alpha value is -0.200. The summed E-state index contributed by atoms with van der Waals surface area (Å²) in [5, 5.41) is 0. The summed E-state index contributed by atoms with van der Waals surface area (Å²) in [5.41, 5.74) is 0. The average molecular weight is 304 g/mol. The van der Waals surface area contributed by atoms with E-state index < -0.39 is 5.97 Å². The molecule has 0 aromatic rings. The summed E-state index contributed by atoms with van der Waals surface area (Å²) < 4.78 is 27.4. The summed E-state index contributed by atoms with van der Waals surface area (Å²) in [4.78, 5) is 0. The summed E-state index contributed by atoms with van der Waals surface area (Å²) >= 11 is 0. The van der Waals surface area contributed by atoms with Crippen LogP contribution in [0.3, 0.4) is 0 Å². The molecule has 1 aliphatic heterocycles. The van der Waals surface area contributed by atoms with Crippen LogP contribution in [0.15, 0.2) is 0 Å². The van der Waals surface area contributed by atoms with E-state index in [4.69, 9.17) is 23.7 Å². The van der Waals surface area contributed by atoms with Gasteiger partial charge in [-0.2, -0.15) is 0 Å². The number of hydrogen-bond acceptors (Lipinski definition) is 5. The van der Waals surface area contributed by atoms with Crippen molar-refractivity contribution in [1.82, 2.24) is 0 Å². The molecule has 21 heavy (non-hydrogen) atoms. The Balaban J connectivity index is 2.38. The first-order valence-corrected chi connectivity index (χ1v) is 8.11. The molecule has 0 aliphatic carbocycles. The summed E-state index contributed by atoms with van der Waals surface area (Å²) in [7, 11) is 4.74. The Morgan fingerprint density at radius 2 is 1.57 bits per heavy atom. The van der Waals surface area contributed by atoms with E-state index in [1.54, 1.807) is 21.3 Å². The van der Waals surface area contributed by atoms with Crippen LogP contribution in [0.1, 0.15) is 51.9 Å². The van der Waals surface area contributed by atoms with Crippen LogP contribution in [0.4, 0.5) is 0 Å². The molecule has 0 bridgehead atoms. The third kappa shape index (κ3) is 6.61. The molecule has 2 atom stereocenters. The molecule has 5 heteroatoms. The minimum Gasteiger partial charge on any atom is -0.371 e. The van der Waals surface area contributed by atoms with E-state index in [-0.39, 0.29) is 12.2 Å². The predicted octanol–water partition coefficient (Wildman–Crippen LogP) is 3.11. The van der Waals surface area contributed by atoms with Gasteiger partial charge in [0.05, 0.1) is 13.2 Å². The maximum absolute atomic E-state index is 5.93. The van der Waals surface area contributed by atoms with Gasteiger partial charge in [0.1, 0.15) is 12.2 Å². The average Bonchev–Trinajstić information content (AvgIpc) is 3.33. The zero-order chi connectivity index (χ0) is 15.6. The van der Waals surface area contributed by atoms with Crippen LogP contribution >= 0.6 is 0 Å². The maximum atomic E-state index is 5.93. The predicted molar refractivity (Wildman–Crippen MR) is 81.2 cm³/mol. The molecule has 0 saturated carbocycles. The highest BCUT2D eigenvalue weighted by Gasteiger charge is 2.42. The Morgan fingerprint density at radius 1 is 1.00 bits per heavy atom. The Morgan fingerprint density at radius 3 is 2.10 bits per heavy atom. The minimum atomic E-state index is -1.13. The number of methoxy groups -OCH3 is 3. The first kappa shape index (κ1) is 18.8. The molecule has 0 spiro atoms. The van der Waals surface area contributed by atoms with Gasteiger partial charge in [-0.25, -0.2) is 0 Å². The van der Waals surface area contributed by atoms with Gasteiger partial charge in [-0.05, 0) is 6.42 Å². The quantitative estimate of drug-likeness (QED) is 0.280. The van der Waals surface area contributed by atoms with Gasteiger partial charge in [-0.1, -0.05) is 45.4 Å². The number of hydrogen-bond donors (Lipinski definition) is 0. The fraction of sp³-hybridized carbons (Fsp3) is 1.00. The Bertz CT molecular complexity index is 243. The van der Waals surface area contributed by atoms with E-state index in [0.717, 1.165) is 19.4 Å². The molecule has 0 aromatic heterocycles. The molecular weight excluding hydrogens is 272 g/mol. The van der Waals surface area contributed by atoms with Gasteiger partial charge in [0.2, 0.25) is 0 Å². The summed E-state index contributed by atoms with van der Waals surface area (Å²) in [6, 6.07) is 0. The van der Waals surface area contributed by atoms with Crippen LogP contribution < -0.4 is 0 Å². The van der Waals surface area contributed by atoms with E-state index in [0.29, 0.717) is 6.61 Å². The number of ether oxygens (including phenoxy) is 5. The summed E-state index contributed by atoms with van der Waals surface area (Å²) in [6.07, 6.45) is 8.28. The van der Waals surface area contributed by atoms with E-state index in [9.17, 15) is 0 Å². The van der Waals surface area contributed by atoms with Gasteiger partial charge in [-0.3, -0.25) is 0 Å². The normalized spacial score (nSPS) is 19.7. The van der Waals surface area contributed by atoms with Gasteiger partial charge in [0, 0.05) is 21.3 Å². The van der Waals surface area contributed by atoms with Gasteiger partial charge < -0.3 is 23.7 Å². The second kappa shape index (κ2) is 10.5. The SMILES string of the molecule is CCCCCCCCC(OCC1CO1)C(OC)(OC)OC. The van der Waals surface area contributed by atoms with Crippen molar-refractivity contribution in [2.45, 2.75) is 70.1 Å². The lowest BCUT2D eigenvalue weighted by molar-refractivity contribution is -0.394. The van der Waals surface area contributed by atoms with Gasteiger partial charge in [-0.15, -0.1) is 0 Å². The highest BCUT2D eigenvalue weighted by molar-refractivity contribution is 4.75. The van der Waals surface area contributed by atoms with Crippen LogP contribution in [0.25, 0.3) is 0 Å². The van der Waals surface area contributed by atoms with E-state index in [2.05, 4.69) is 6.92 Å². The molecule has 0 N–H and O–H groups in total.